The predicted octanol–water partition coefficient (Wildman–Crippen LogP) is 5.72. The molecule has 24 heavy (non-hydrogen) atoms. The van der Waals surface area contributed by atoms with Crippen LogP contribution in [-0.4, -0.2) is 9.97 Å². The summed E-state index contributed by atoms with van der Waals surface area (Å²) in [5, 5.41) is 0. The molecule has 1 aromatic heterocycles. The average molecular weight is 395 g/mol. The third kappa shape index (κ3) is 3.91. The van der Waals surface area contributed by atoms with Crippen LogP contribution in [0.15, 0.2) is 65.4 Å². The van der Waals surface area contributed by atoms with Gasteiger partial charge in [0.2, 0.25) is 5.88 Å². The summed E-state index contributed by atoms with van der Waals surface area (Å²) in [6.07, 6.45) is -3.06. The van der Waals surface area contributed by atoms with Gasteiger partial charge in [-0.3, -0.25) is 0 Å². The van der Waals surface area contributed by atoms with Crippen LogP contribution in [0.1, 0.15) is 5.56 Å². The van der Waals surface area contributed by atoms with Crippen molar-refractivity contribution in [2.75, 3.05) is 0 Å². The van der Waals surface area contributed by atoms with Gasteiger partial charge >= 0.3 is 6.18 Å². The van der Waals surface area contributed by atoms with E-state index in [9.17, 15) is 13.2 Å². The van der Waals surface area contributed by atoms with Crippen molar-refractivity contribution in [3.05, 3.63) is 71.0 Å². The fraction of sp³-hybridized carbons (Fsp3) is 0.0588. The summed E-state index contributed by atoms with van der Waals surface area (Å²) in [4.78, 5) is 8.10. The van der Waals surface area contributed by atoms with Crippen LogP contribution in [0.25, 0.3) is 11.3 Å². The van der Waals surface area contributed by atoms with E-state index in [0.29, 0.717) is 22.9 Å². The first-order valence-corrected chi connectivity index (χ1v) is 7.64. The van der Waals surface area contributed by atoms with Crippen LogP contribution >= 0.6 is 15.9 Å². The first-order valence-electron chi connectivity index (χ1n) is 6.85. The van der Waals surface area contributed by atoms with Gasteiger partial charge in [-0.15, -0.1) is 0 Å². The monoisotopic (exact) mass is 394 g/mol. The molecule has 0 spiro atoms. The second kappa shape index (κ2) is 6.60. The number of aromatic nitrogens is 2. The van der Waals surface area contributed by atoms with Crippen molar-refractivity contribution < 1.29 is 17.9 Å². The van der Waals surface area contributed by atoms with Crippen molar-refractivity contribution >= 4 is 15.9 Å². The highest BCUT2D eigenvalue weighted by molar-refractivity contribution is 9.10. The van der Waals surface area contributed by atoms with Gasteiger partial charge in [0, 0.05) is 16.1 Å². The molecule has 7 heteroatoms. The Bertz CT molecular complexity index is 851. The van der Waals surface area contributed by atoms with Crippen LogP contribution in [0.3, 0.4) is 0 Å². The first-order chi connectivity index (χ1) is 11.4. The maximum Gasteiger partial charge on any atom is 0.416 e. The summed E-state index contributed by atoms with van der Waals surface area (Å²) >= 11 is 3.34. The summed E-state index contributed by atoms with van der Waals surface area (Å²) in [5.74, 6) is 0.888. The number of nitrogens with zero attached hydrogens (tertiary/aromatic N) is 2. The van der Waals surface area contributed by atoms with Gasteiger partial charge in [0.05, 0.1) is 11.3 Å². The molecule has 3 rings (SSSR count). The summed E-state index contributed by atoms with van der Waals surface area (Å²) in [7, 11) is 0. The third-order valence-electron chi connectivity index (χ3n) is 3.17. The van der Waals surface area contributed by atoms with Crippen molar-refractivity contribution in [3.8, 4) is 22.9 Å². The molecule has 0 unspecified atom stereocenters. The van der Waals surface area contributed by atoms with Gasteiger partial charge in [0.25, 0.3) is 0 Å². The molecule has 2 aromatic carbocycles. The van der Waals surface area contributed by atoms with E-state index < -0.39 is 11.7 Å². The maximum atomic E-state index is 12.6. The zero-order valence-electron chi connectivity index (χ0n) is 12.1. The number of benzene rings is 2. The first kappa shape index (κ1) is 16.4. The Labute approximate surface area is 144 Å². The molecule has 3 nitrogen and oxygen atoms in total. The van der Waals surface area contributed by atoms with E-state index in [4.69, 9.17) is 4.74 Å². The molecule has 0 N–H and O–H groups in total. The van der Waals surface area contributed by atoms with Crippen LogP contribution in [-0.2, 0) is 6.18 Å². The SMILES string of the molecule is FC(F)(F)c1ccc(-c2cc(Oc3cccc(Br)c3)ncn2)cc1. The second-order valence-electron chi connectivity index (χ2n) is 4.88. The predicted molar refractivity (Wildman–Crippen MR) is 86.7 cm³/mol. The van der Waals surface area contributed by atoms with E-state index in [0.717, 1.165) is 16.6 Å². The largest absolute Gasteiger partial charge is 0.439 e. The Morgan fingerprint density at radius 3 is 2.33 bits per heavy atom. The lowest BCUT2D eigenvalue weighted by molar-refractivity contribution is -0.137. The average Bonchev–Trinajstić information content (AvgIpc) is 2.54. The standard InChI is InChI=1S/C17H10BrF3N2O/c18-13-2-1-3-14(8-13)24-16-9-15(22-10-23-16)11-4-6-12(7-5-11)17(19,20)21/h1-10H. The number of ether oxygens (including phenoxy) is 1. The highest BCUT2D eigenvalue weighted by atomic mass is 79.9. The highest BCUT2D eigenvalue weighted by Gasteiger charge is 2.30. The molecule has 0 aliphatic rings. The smallest absolute Gasteiger partial charge is 0.416 e. The zero-order chi connectivity index (χ0) is 17.2. The molecule has 0 fully saturated rings. The summed E-state index contributed by atoms with van der Waals surface area (Å²) in [6, 6.07) is 13.6. The molecule has 122 valence electrons. The minimum atomic E-state index is -4.36. The van der Waals surface area contributed by atoms with Crippen LogP contribution < -0.4 is 4.74 Å². The number of hydrogen-bond donors (Lipinski definition) is 0. The molecule has 1 heterocycles. The van der Waals surface area contributed by atoms with Crippen LogP contribution in [0.5, 0.6) is 11.6 Å². The Balaban J connectivity index is 1.85. The molecule has 0 saturated carbocycles. The Morgan fingerprint density at radius 2 is 1.67 bits per heavy atom. The van der Waals surface area contributed by atoms with Gasteiger partial charge < -0.3 is 4.74 Å². The molecule has 0 aliphatic carbocycles. The van der Waals surface area contributed by atoms with Crippen LogP contribution in [0, 0.1) is 0 Å². The van der Waals surface area contributed by atoms with Crippen molar-refractivity contribution in [2.45, 2.75) is 6.18 Å². The molecule has 0 saturated heterocycles. The highest BCUT2D eigenvalue weighted by Crippen LogP contribution is 2.31. The molecule has 3 aromatic rings. The fourth-order valence-corrected chi connectivity index (χ4v) is 2.41. The van der Waals surface area contributed by atoms with Crippen LogP contribution in [0.4, 0.5) is 13.2 Å². The third-order valence-corrected chi connectivity index (χ3v) is 3.66. The van der Waals surface area contributed by atoms with E-state index >= 15 is 0 Å². The van der Waals surface area contributed by atoms with E-state index in [1.54, 1.807) is 18.2 Å². The number of hydrogen-bond acceptors (Lipinski definition) is 3. The topological polar surface area (TPSA) is 35.0 Å². The summed E-state index contributed by atoms with van der Waals surface area (Å²) in [5.41, 5.74) is 0.319. The lowest BCUT2D eigenvalue weighted by Gasteiger charge is -2.08. The molecule has 0 bridgehead atoms. The van der Waals surface area contributed by atoms with E-state index in [1.165, 1.54) is 18.5 Å². The van der Waals surface area contributed by atoms with Gasteiger partial charge in [-0.05, 0) is 30.3 Å². The van der Waals surface area contributed by atoms with Crippen LogP contribution in [0.2, 0.25) is 0 Å². The Hall–Kier alpha value is -2.41. The van der Waals surface area contributed by atoms with Crippen molar-refractivity contribution in [1.29, 1.82) is 0 Å². The lowest BCUT2D eigenvalue weighted by Crippen LogP contribution is -2.04. The van der Waals surface area contributed by atoms with Gasteiger partial charge in [0.15, 0.2) is 0 Å². The Morgan fingerprint density at radius 1 is 0.917 bits per heavy atom. The fourth-order valence-electron chi connectivity index (χ4n) is 2.03. The van der Waals surface area contributed by atoms with Crippen molar-refractivity contribution in [2.24, 2.45) is 0 Å². The molecule has 0 amide bonds. The Kier molecular flexibility index (Phi) is 4.53. The number of alkyl halides is 3. The van der Waals surface area contributed by atoms with Crippen molar-refractivity contribution in [1.82, 2.24) is 9.97 Å². The van der Waals surface area contributed by atoms with Gasteiger partial charge in [-0.25, -0.2) is 9.97 Å². The van der Waals surface area contributed by atoms with Gasteiger partial charge in [-0.1, -0.05) is 34.1 Å². The molecule has 0 atom stereocenters. The normalized spacial score (nSPS) is 11.3. The van der Waals surface area contributed by atoms with Gasteiger partial charge in [-0.2, -0.15) is 13.2 Å². The molecular formula is C17H10BrF3N2O. The van der Waals surface area contributed by atoms with E-state index in [-0.39, 0.29) is 0 Å². The summed E-state index contributed by atoms with van der Waals surface area (Å²) < 4.78 is 44.3. The minimum Gasteiger partial charge on any atom is -0.439 e. The molecular weight excluding hydrogens is 385 g/mol. The second-order valence-corrected chi connectivity index (χ2v) is 5.79. The maximum absolute atomic E-state index is 12.6. The number of halogens is 4. The number of rotatable bonds is 3. The lowest BCUT2D eigenvalue weighted by atomic mass is 10.1. The zero-order valence-corrected chi connectivity index (χ0v) is 13.7. The summed E-state index contributed by atoms with van der Waals surface area (Å²) in [6.45, 7) is 0. The molecule has 0 aliphatic heterocycles. The molecule has 0 radical (unpaired) electrons. The van der Waals surface area contributed by atoms with Crippen molar-refractivity contribution in [3.63, 3.8) is 0 Å². The van der Waals surface area contributed by atoms with E-state index in [2.05, 4.69) is 25.9 Å². The minimum absolute atomic E-state index is 0.304. The quantitative estimate of drug-likeness (QED) is 0.569. The van der Waals surface area contributed by atoms with E-state index in [1.807, 2.05) is 12.1 Å². The van der Waals surface area contributed by atoms with Gasteiger partial charge in [0.1, 0.15) is 12.1 Å².